The molecular weight excluding hydrogens is 320 g/mol. The Labute approximate surface area is 145 Å². The summed E-state index contributed by atoms with van der Waals surface area (Å²) in [6.07, 6.45) is 2.90. The molecule has 7 heteroatoms. The molecule has 3 rings (SSSR count). The van der Waals surface area contributed by atoms with E-state index in [1.807, 2.05) is 18.7 Å². The third-order valence-electron chi connectivity index (χ3n) is 4.21. The highest BCUT2D eigenvalue weighted by atomic mass is 16.5. The van der Waals surface area contributed by atoms with Gasteiger partial charge < -0.3 is 14.6 Å². The summed E-state index contributed by atoms with van der Waals surface area (Å²) in [5.74, 6) is 0.622. The van der Waals surface area contributed by atoms with Gasteiger partial charge in [0.05, 0.1) is 12.1 Å². The van der Waals surface area contributed by atoms with Crippen LogP contribution in [0, 0.1) is 0 Å². The van der Waals surface area contributed by atoms with Crippen LogP contribution in [0.4, 0.5) is 0 Å². The molecule has 0 saturated carbocycles. The van der Waals surface area contributed by atoms with Crippen LogP contribution in [0.1, 0.15) is 26.7 Å². The van der Waals surface area contributed by atoms with Crippen molar-refractivity contribution in [2.45, 2.75) is 26.7 Å². The van der Waals surface area contributed by atoms with Gasteiger partial charge in [0.2, 0.25) is 11.8 Å². The highest BCUT2D eigenvalue weighted by Crippen LogP contribution is 2.15. The van der Waals surface area contributed by atoms with E-state index in [2.05, 4.69) is 9.97 Å². The number of H-pyrrole nitrogens is 1. The molecular formula is C18H22N4O3. The van der Waals surface area contributed by atoms with Gasteiger partial charge in [0, 0.05) is 31.8 Å². The molecule has 0 spiro atoms. The normalized spacial score (nSPS) is 11.1. The van der Waals surface area contributed by atoms with Crippen molar-refractivity contribution < 1.29 is 9.53 Å². The summed E-state index contributed by atoms with van der Waals surface area (Å²) in [5, 5.41) is 0. The maximum Gasteiger partial charge on any atom is 0.272 e. The van der Waals surface area contributed by atoms with Gasteiger partial charge in [-0.2, -0.15) is 4.98 Å². The molecule has 0 radical (unpaired) electrons. The van der Waals surface area contributed by atoms with Gasteiger partial charge >= 0.3 is 0 Å². The number of ether oxygens (including phenoxy) is 1. The Morgan fingerprint density at radius 1 is 1.28 bits per heavy atom. The summed E-state index contributed by atoms with van der Waals surface area (Å²) < 4.78 is 7.42. The number of aromatic nitrogens is 3. The molecule has 0 aliphatic rings. The molecule has 0 unspecified atom stereocenters. The Kier molecular flexibility index (Phi) is 5.02. The minimum absolute atomic E-state index is 0.145. The molecule has 0 fully saturated rings. The number of fused-ring (bicyclic) bond motifs is 3. The summed E-state index contributed by atoms with van der Waals surface area (Å²) in [6, 6.07) is 7.05. The van der Waals surface area contributed by atoms with E-state index in [-0.39, 0.29) is 11.5 Å². The van der Waals surface area contributed by atoms with Crippen molar-refractivity contribution in [1.29, 1.82) is 0 Å². The van der Waals surface area contributed by atoms with Gasteiger partial charge in [0.1, 0.15) is 5.52 Å². The van der Waals surface area contributed by atoms with E-state index in [1.165, 1.54) is 0 Å². The first-order chi connectivity index (χ1) is 12.1. The van der Waals surface area contributed by atoms with E-state index >= 15 is 0 Å². The summed E-state index contributed by atoms with van der Waals surface area (Å²) in [4.78, 5) is 33.0. The fourth-order valence-corrected chi connectivity index (χ4v) is 2.86. The van der Waals surface area contributed by atoms with E-state index < -0.39 is 0 Å². The summed E-state index contributed by atoms with van der Waals surface area (Å²) >= 11 is 0. The number of nitrogens with zero attached hydrogens (tertiary/aromatic N) is 3. The van der Waals surface area contributed by atoms with Crippen LogP contribution in [0.5, 0.6) is 5.88 Å². The van der Waals surface area contributed by atoms with Crippen LogP contribution in [-0.2, 0) is 4.79 Å². The molecule has 1 N–H and O–H groups in total. The first-order valence-corrected chi connectivity index (χ1v) is 8.54. The van der Waals surface area contributed by atoms with Crippen molar-refractivity contribution in [1.82, 2.24) is 19.3 Å². The number of pyridine rings is 1. The quantitative estimate of drug-likeness (QED) is 0.668. The standard InChI is InChI=1S/C18H22N4O3/c1-3-21(4-2)16(23)8-6-12-25-15-10-9-13-17(20-15)22-11-5-7-14(22)18(24)19-13/h5,7,9-11H,3-4,6,8,12H2,1-2H3,(H,19,24). The van der Waals surface area contributed by atoms with E-state index in [4.69, 9.17) is 4.74 Å². The molecule has 0 aliphatic carbocycles. The third-order valence-corrected chi connectivity index (χ3v) is 4.21. The lowest BCUT2D eigenvalue weighted by Gasteiger charge is -2.18. The van der Waals surface area contributed by atoms with Crippen molar-refractivity contribution in [2.75, 3.05) is 19.7 Å². The topological polar surface area (TPSA) is 79.7 Å². The van der Waals surface area contributed by atoms with E-state index in [0.29, 0.717) is 42.0 Å². The highest BCUT2D eigenvalue weighted by molar-refractivity contribution is 5.76. The minimum Gasteiger partial charge on any atom is -0.478 e. The van der Waals surface area contributed by atoms with Gasteiger partial charge in [-0.05, 0) is 38.5 Å². The zero-order chi connectivity index (χ0) is 17.8. The molecule has 0 aliphatic heterocycles. The number of hydrogen-bond acceptors (Lipinski definition) is 4. The molecule has 3 heterocycles. The zero-order valence-electron chi connectivity index (χ0n) is 14.5. The smallest absolute Gasteiger partial charge is 0.272 e. The number of carbonyl (C=O) groups excluding carboxylic acids is 1. The Balaban J connectivity index is 1.68. The van der Waals surface area contributed by atoms with Gasteiger partial charge in [-0.3, -0.25) is 14.0 Å². The second-order valence-electron chi connectivity index (χ2n) is 5.76. The first kappa shape index (κ1) is 17.0. The Bertz CT molecular complexity index is 940. The van der Waals surface area contributed by atoms with Crippen molar-refractivity contribution >= 4 is 22.6 Å². The molecule has 0 atom stereocenters. The van der Waals surface area contributed by atoms with Crippen LogP contribution < -0.4 is 10.3 Å². The SMILES string of the molecule is CCN(CC)C(=O)CCCOc1ccc2[nH]c(=O)c3cccn3c2n1. The van der Waals surface area contributed by atoms with Crippen LogP contribution in [0.15, 0.2) is 35.3 Å². The largest absolute Gasteiger partial charge is 0.478 e. The molecule has 7 nitrogen and oxygen atoms in total. The van der Waals surface area contributed by atoms with Crippen molar-refractivity contribution in [2.24, 2.45) is 0 Å². The molecule has 3 aromatic heterocycles. The number of rotatable bonds is 7. The Morgan fingerprint density at radius 3 is 2.84 bits per heavy atom. The Hall–Kier alpha value is -2.83. The number of aromatic amines is 1. The fraction of sp³-hybridized carbons (Fsp3) is 0.389. The lowest BCUT2D eigenvalue weighted by Crippen LogP contribution is -2.30. The predicted molar refractivity (Wildman–Crippen MR) is 96.0 cm³/mol. The predicted octanol–water partition coefficient (Wildman–Crippen LogP) is 2.20. The maximum absolute atomic E-state index is 12.0. The van der Waals surface area contributed by atoms with Crippen molar-refractivity contribution in [3.8, 4) is 5.88 Å². The molecule has 132 valence electrons. The molecule has 0 aromatic carbocycles. The summed E-state index contributed by atoms with van der Waals surface area (Å²) in [7, 11) is 0. The van der Waals surface area contributed by atoms with Gasteiger partial charge in [0.15, 0.2) is 5.65 Å². The number of carbonyl (C=O) groups is 1. The third kappa shape index (κ3) is 3.50. The van der Waals surface area contributed by atoms with Gasteiger partial charge in [-0.1, -0.05) is 0 Å². The van der Waals surface area contributed by atoms with Gasteiger partial charge in [0.25, 0.3) is 5.56 Å². The van der Waals surface area contributed by atoms with Crippen LogP contribution in [0.25, 0.3) is 16.7 Å². The molecule has 1 amide bonds. The lowest BCUT2D eigenvalue weighted by atomic mass is 10.3. The van der Waals surface area contributed by atoms with Crippen molar-refractivity contribution in [3.05, 3.63) is 40.8 Å². The van der Waals surface area contributed by atoms with Gasteiger partial charge in [-0.15, -0.1) is 0 Å². The van der Waals surface area contributed by atoms with E-state index in [9.17, 15) is 9.59 Å². The first-order valence-electron chi connectivity index (χ1n) is 8.54. The minimum atomic E-state index is -0.150. The average Bonchev–Trinajstić information content (AvgIpc) is 3.11. The Morgan fingerprint density at radius 2 is 2.08 bits per heavy atom. The van der Waals surface area contributed by atoms with Gasteiger partial charge in [-0.25, -0.2) is 0 Å². The van der Waals surface area contributed by atoms with E-state index in [0.717, 1.165) is 13.1 Å². The summed E-state index contributed by atoms with van der Waals surface area (Å²) in [6.45, 7) is 5.83. The lowest BCUT2D eigenvalue weighted by molar-refractivity contribution is -0.131. The number of hydrogen-bond donors (Lipinski definition) is 1. The number of amides is 1. The highest BCUT2D eigenvalue weighted by Gasteiger charge is 2.10. The van der Waals surface area contributed by atoms with Crippen LogP contribution in [0.3, 0.4) is 0 Å². The molecule has 3 aromatic rings. The van der Waals surface area contributed by atoms with Crippen LogP contribution in [-0.4, -0.2) is 44.9 Å². The molecule has 0 saturated heterocycles. The second kappa shape index (κ2) is 7.38. The van der Waals surface area contributed by atoms with Crippen LogP contribution in [0.2, 0.25) is 0 Å². The summed E-state index contributed by atoms with van der Waals surface area (Å²) in [5.41, 5.74) is 1.68. The zero-order valence-corrected chi connectivity index (χ0v) is 14.5. The maximum atomic E-state index is 12.0. The molecule has 0 bridgehead atoms. The second-order valence-corrected chi connectivity index (χ2v) is 5.76. The monoisotopic (exact) mass is 342 g/mol. The van der Waals surface area contributed by atoms with Crippen molar-refractivity contribution in [3.63, 3.8) is 0 Å². The fourth-order valence-electron chi connectivity index (χ4n) is 2.86. The molecule has 25 heavy (non-hydrogen) atoms. The number of nitrogens with one attached hydrogen (secondary N) is 1. The average molecular weight is 342 g/mol. The van der Waals surface area contributed by atoms with E-state index in [1.54, 1.807) is 34.9 Å². The van der Waals surface area contributed by atoms with Crippen LogP contribution >= 0.6 is 0 Å².